The summed E-state index contributed by atoms with van der Waals surface area (Å²) in [7, 11) is 0. The molecule has 6 heteroatoms. The van der Waals surface area contributed by atoms with Gasteiger partial charge in [-0.1, -0.05) is 0 Å². The van der Waals surface area contributed by atoms with Crippen molar-refractivity contribution in [3.8, 4) is 0 Å². The van der Waals surface area contributed by atoms with Crippen molar-refractivity contribution in [3.63, 3.8) is 0 Å². The van der Waals surface area contributed by atoms with Gasteiger partial charge >= 0.3 is 0 Å². The Morgan fingerprint density at radius 1 is 1.55 bits per heavy atom. The van der Waals surface area contributed by atoms with Crippen molar-refractivity contribution in [2.75, 3.05) is 18.0 Å². The zero-order chi connectivity index (χ0) is 14.9. The predicted molar refractivity (Wildman–Crippen MR) is 80.1 cm³/mol. The molecule has 1 amide bonds. The van der Waals surface area contributed by atoms with Crippen LogP contribution in [0.25, 0.3) is 0 Å². The number of carbonyl (C=O) groups excluding carboxylic acids is 1. The van der Waals surface area contributed by atoms with Crippen molar-refractivity contribution < 1.29 is 9.18 Å². The Morgan fingerprint density at radius 3 is 2.85 bits per heavy atom. The number of amides is 1. The number of nitrogens with zero attached hydrogens (tertiary/aromatic N) is 2. The summed E-state index contributed by atoms with van der Waals surface area (Å²) in [5.41, 5.74) is -0.244. The summed E-state index contributed by atoms with van der Waals surface area (Å²) < 4.78 is 14.5. The average Bonchev–Trinajstić information content (AvgIpc) is 2.75. The van der Waals surface area contributed by atoms with Crippen LogP contribution in [-0.4, -0.2) is 29.5 Å². The van der Waals surface area contributed by atoms with Gasteiger partial charge in [0.25, 0.3) is 0 Å². The third kappa shape index (κ3) is 3.69. The topological polar surface area (TPSA) is 45.2 Å². The maximum absolute atomic E-state index is 13.9. The first-order chi connectivity index (χ1) is 9.26. The van der Waals surface area contributed by atoms with E-state index in [-0.39, 0.29) is 23.2 Å². The maximum Gasteiger partial charge on any atom is 0.225 e. The van der Waals surface area contributed by atoms with Crippen LogP contribution in [0.15, 0.2) is 16.7 Å². The van der Waals surface area contributed by atoms with Crippen LogP contribution in [0.2, 0.25) is 0 Å². The van der Waals surface area contributed by atoms with Crippen molar-refractivity contribution in [2.45, 2.75) is 32.7 Å². The van der Waals surface area contributed by atoms with Crippen molar-refractivity contribution in [3.05, 3.63) is 22.6 Å². The number of hydrogen-bond donors (Lipinski definition) is 1. The molecule has 0 bridgehead atoms. The van der Waals surface area contributed by atoms with E-state index in [4.69, 9.17) is 0 Å². The average molecular weight is 344 g/mol. The smallest absolute Gasteiger partial charge is 0.225 e. The van der Waals surface area contributed by atoms with E-state index in [1.165, 1.54) is 6.07 Å². The Bertz CT molecular complexity index is 516. The van der Waals surface area contributed by atoms with Crippen molar-refractivity contribution in [2.24, 2.45) is 5.92 Å². The number of aromatic nitrogens is 1. The Balaban J connectivity index is 2.03. The number of nitrogens with one attached hydrogen (secondary N) is 1. The predicted octanol–water partition coefficient (Wildman–Crippen LogP) is 2.72. The summed E-state index contributed by atoms with van der Waals surface area (Å²) in [5, 5.41) is 2.97. The lowest BCUT2D eigenvalue weighted by Crippen LogP contribution is -2.44. The van der Waals surface area contributed by atoms with Gasteiger partial charge in [-0.2, -0.15) is 0 Å². The zero-order valence-corrected chi connectivity index (χ0v) is 13.5. The first-order valence-corrected chi connectivity index (χ1v) is 7.43. The van der Waals surface area contributed by atoms with Gasteiger partial charge in [-0.15, -0.1) is 0 Å². The Kier molecular flexibility index (Phi) is 4.32. The molecule has 1 N–H and O–H groups in total. The molecule has 0 spiro atoms. The second-order valence-electron chi connectivity index (χ2n) is 6.13. The molecule has 1 atom stereocenters. The fourth-order valence-electron chi connectivity index (χ4n) is 2.28. The summed E-state index contributed by atoms with van der Waals surface area (Å²) in [4.78, 5) is 18.0. The van der Waals surface area contributed by atoms with E-state index in [2.05, 4.69) is 26.2 Å². The molecule has 2 rings (SSSR count). The normalized spacial score (nSPS) is 19.2. The number of carbonyl (C=O) groups is 1. The van der Waals surface area contributed by atoms with Gasteiger partial charge in [-0.3, -0.25) is 4.79 Å². The number of anilines is 1. The van der Waals surface area contributed by atoms with E-state index in [1.807, 2.05) is 25.7 Å². The van der Waals surface area contributed by atoms with Crippen LogP contribution in [-0.2, 0) is 4.79 Å². The van der Waals surface area contributed by atoms with Crippen LogP contribution < -0.4 is 10.2 Å². The molecular weight excluding hydrogens is 325 g/mol. The molecule has 1 aromatic rings. The van der Waals surface area contributed by atoms with Crippen molar-refractivity contribution in [1.82, 2.24) is 10.3 Å². The second kappa shape index (κ2) is 5.68. The maximum atomic E-state index is 13.9. The van der Waals surface area contributed by atoms with E-state index in [1.54, 1.807) is 6.20 Å². The SMILES string of the molecule is CC(C)(C)NC(=O)C1CCN(c2ncc(Br)cc2F)C1. The van der Waals surface area contributed by atoms with Crippen LogP contribution in [0.1, 0.15) is 27.2 Å². The van der Waals surface area contributed by atoms with E-state index in [0.29, 0.717) is 23.4 Å². The molecule has 110 valence electrons. The summed E-state index contributed by atoms with van der Waals surface area (Å²) in [5.74, 6) is -0.132. The third-order valence-electron chi connectivity index (χ3n) is 3.15. The van der Waals surface area contributed by atoms with Crippen LogP contribution >= 0.6 is 15.9 Å². The van der Waals surface area contributed by atoms with E-state index < -0.39 is 0 Å². The Hall–Kier alpha value is -1.17. The van der Waals surface area contributed by atoms with Gasteiger partial charge in [0, 0.05) is 29.3 Å². The van der Waals surface area contributed by atoms with Gasteiger partial charge < -0.3 is 10.2 Å². The third-order valence-corrected chi connectivity index (χ3v) is 3.58. The van der Waals surface area contributed by atoms with Crippen molar-refractivity contribution in [1.29, 1.82) is 0 Å². The van der Waals surface area contributed by atoms with Gasteiger partial charge in [0.05, 0.1) is 5.92 Å². The summed E-state index contributed by atoms with van der Waals surface area (Å²) in [6, 6.07) is 1.39. The molecule has 2 heterocycles. The summed E-state index contributed by atoms with van der Waals surface area (Å²) >= 11 is 3.19. The molecule has 1 unspecified atom stereocenters. The fraction of sp³-hybridized carbons (Fsp3) is 0.571. The minimum Gasteiger partial charge on any atom is -0.353 e. The van der Waals surface area contributed by atoms with Crippen LogP contribution in [0, 0.1) is 11.7 Å². The molecule has 0 radical (unpaired) electrons. The van der Waals surface area contributed by atoms with Gasteiger partial charge in [0.1, 0.15) is 0 Å². The number of pyridine rings is 1. The monoisotopic (exact) mass is 343 g/mol. The highest BCUT2D eigenvalue weighted by Gasteiger charge is 2.31. The molecule has 1 aliphatic rings. The zero-order valence-electron chi connectivity index (χ0n) is 11.9. The molecule has 0 aromatic carbocycles. The standard InChI is InChI=1S/C14H19BrFN3O/c1-14(2,3)18-13(20)9-4-5-19(8-9)12-11(16)6-10(15)7-17-12/h6-7,9H,4-5,8H2,1-3H3,(H,18,20). The van der Waals surface area contributed by atoms with E-state index in [9.17, 15) is 9.18 Å². The molecule has 1 fully saturated rings. The molecule has 0 saturated carbocycles. The summed E-state index contributed by atoms with van der Waals surface area (Å²) in [6.45, 7) is 7.01. The van der Waals surface area contributed by atoms with Crippen LogP contribution in [0.4, 0.5) is 10.2 Å². The number of hydrogen-bond acceptors (Lipinski definition) is 3. The quantitative estimate of drug-likeness (QED) is 0.897. The minimum atomic E-state index is -0.365. The van der Waals surface area contributed by atoms with Crippen LogP contribution in [0.3, 0.4) is 0 Å². The van der Waals surface area contributed by atoms with Crippen molar-refractivity contribution >= 4 is 27.7 Å². The minimum absolute atomic E-state index is 0.0255. The lowest BCUT2D eigenvalue weighted by molar-refractivity contribution is -0.125. The highest BCUT2D eigenvalue weighted by atomic mass is 79.9. The molecule has 1 aromatic heterocycles. The van der Waals surface area contributed by atoms with Gasteiger partial charge in [-0.05, 0) is 49.2 Å². The number of halogens is 2. The van der Waals surface area contributed by atoms with Gasteiger partial charge in [0.2, 0.25) is 5.91 Å². The van der Waals surface area contributed by atoms with Gasteiger partial charge in [-0.25, -0.2) is 9.37 Å². The molecule has 4 nitrogen and oxygen atoms in total. The Morgan fingerprint density at radius 2 is 2.25 bits per heavy atom. The molecule has 20 heavy (non-hydrogen) atoms. The van der Waals surface area contributed by atoms with Gasteiger partial charge in [0.15, 0.2) is 11.6 Å². The van der Waals surface area contributed by atoms with E-state index in [0.717, 1.165) is 6.42 Å². The van der Waals surface area contributed by atoms with Crippen LogP contribution in [0.5, 0.6) is 0 Å². The first-order valence-electron chi connectivity index (χ1n) is 6.64. The molecule has 0 aliphatic carbocycles. The number of rotatable bonds is 2. The Labute approximate surface area is 126 Å². The largest absolute Gasteiger partial charge is 0.353 e. The fourth-order valence-corrected chi connectivity index (χ4v) is 2.58. The molecular formula is C14H19BrFN3O. The summed E-state index contributed by atoms with van der Waals surface area (Å²) in [6.07, 6.45) is 2.29. The van der Waals surface area contributed by atoms with E-state index >= 15 is 0 Å². The first kappa shape index (κ1) is 15.2. The lowest BCUT2D eigenvalue weighted by atomic mass is 10.0. The molecule has 1 saturated heterocycles. The lowest BCUT2D eigenvalue weighted by Gasteiger charge is -2.23. The highest BCUT2D eigenvalue weighted by molar-refractivity contribution is 9.10. The molecule has 1 aliphatic heterocycles. The second-order valence-corrected chi connectivity index (χ2v) is 7.05. The highest BCUT2D eigenvalue weighted by Crippen LogP contribution is 2.26.